The molecule has 9 heavy (non-hydrogen) atoms. The topological polar surface area (TPSA) is 17.1 Å². The molecule has 0 fully saturated rings. The average molecular weight is 424 g/mol. The molecule has 0 rings (SSSR count). The Kier molecular flexibility index (Phi) is 12.3. The minimum atomic E-state index is -2.20. The van der Waals surface area contributed by atoms with Crippen LogP contribution in [0.1, 0.15) is 0 Å². The molecule has 0 atom stereocenters. The van der Waals surface area contributed by atoms with Crippen LogP contribution in [0.5, 0.6) is 0 Å². The molecule has 0 saturated heterocycles. The Morgan fingerprint density at radius 2 is 1.11 bits per heavy atom. The van der Waals surface area contributed by atoms with Crippen molar-refractivity contribution in [2.24, 2.45) is 0 Å². The van der Waals surface area contributed by atoms with E-state index in [2.05, 4.69) is 46.5 Å². The van der Waals surface area contributed by atoms with Crippen LogP contribution in [0.2, 0.25) is 0 Å². The summed E-state index contributed by atoms with van der Waals surface area (Å²) in [5, 5.41) is 0. The first kappa shape index (κ1) is 14.5. The second-order valence-electron chi connectivity index (χ2n) is 0.590. The standard InChI is InChI=1S/Br3OP.Cl3P/c1-5(2,3)4;1-4(2)3. The maximum absolute atomic E-state index is 9.97. The zero-order valence-electron chi connectivity index (χ0n) is 3.57. The minimum absolute atomic E-state index is 1.20. The minimum Gasteiger partial charge on any atom is -0.287 e. The van der Waals surface area contributed by atoms with Crippen molar-refractivity contribution in [3.05, 3.63) is 0 Å². The van der Waals surface area contributed by atoms with Gasteiger partial charge in [0.15, 0.2) is 5.98 Å². The van der Waals surface area contributed by atoms with Gasteiger partial charge in [-0.3, -0.25) is 4.57 Å². The van der Waals surface area contributed by atoms with Crippen molar-refractivity contribution < 1.29 is 4.57 Å². The van der Waals surface area contributed by atoms with Gasteiger partial charge in [0, 0.05) is 46.5 Å². The summed E-state index contributed by atoms with van der Waals surface area (Å²) in [6.07, 6.45) is 0. The van der Waals surface area contributed by atoms with Gasteiger partial charge < -0.3 is 0 Å². The molecule has 0 saturated carbocycles. The lowest BCUT2D eigenvalue weighted by molar-refractivity contribution is 0.603. The molecular weight excluding hydrogens is 424 g/mol. The molecule has 0 aromatic carbocycles. The van der Waals surface area contributed by atoms with E-state index in [9.17, 15) is 4.57 Å². The molecule has 0 spiro atoms. The fraction of sp³-hybridized carbons (Fsp3) is 0. The van der Waals surface area contributed by atoms with Crippen molar-refractivity contribution in [3.8, 4) is 0 Å². The molecule has 0 unspecified atom stereocenters. The van der Waals surface area contributed by atoms with Crippen molar-refractivity contribution in [1.29, 1.82) is 0 Å². The van der Waals surface area contributed by atoms with Crippen LogP contribution in [0.3, 0.4) is 0 Å². The van der Waals surface area contributed by atoms with E-state index in [0.29, 0.717) is 0 Å². The van der Waals surface area contributed by atoms with Crippen LogP contribution in [0.4, 0.5) is 0 Å². The first-order valence-electron chi connectivity index (χ1n) is 1.20. The third-order valence-electron chi connectivity index (χ3n) is 0. The third-order valence-corrected chi connectivity index (χ3v) is 0. The lowest BCUT2D eigenvalue weighted by Crippen LogP contribution is -1.14. The molecule has 0 aliphatic heterocycles. The molecule has 0 aliphatic carbocycles. The summed E-state index contributed by atoms with van der Waals surface area (Å²) in [4.78, 5) is 0. The molecule has 9 heteroatoms. The SMILES string of the molecule is ClP(Cl)Cl.O=P(Br)(Br)Br. The van der Waals surface area contributed by atoms with Gasteiger partial charge in [-0.25, -0.2) is 0 Å². The molecule has 0 aromatic rings. The van der Waals surface area contributed by atoms with Crippen molar-refractivity contribution in [2.75, 3.05) is 0 Å². The fourth-order valence-corrected chi connectivity index (χ4v) is 0. The van der Waals surface area contributed by atoms with Crippen molar-refractivity contribution >= 4 is 89.4 Å². The zero-order valence-corrected chi connectivity index (χ0v) is 12.4. The van der Waals surface area contributed by atoms with Crippen LogP contribution in [-0.2, 0) is 4.57 Å². The molecule has 0 aliphatic rings. The number of halogens is 6. The van der Waals surface area contributed by atoms with Gasteiger partial charge in [-0.2, -0.15) is 0 Å². The highest BCUT2D eigenvalue weighted by Crippen LogP contribution is 2.68. The summed E-state index contributed by atoms with van der Waals surface area (Å²) in [6, 6.07) is 0. The molecule has 1 nitrogen and oxygen atoms in total. The Morgan fingerprint density at radius 3 is 1.11 bits per heavy atom. The maximum Gasteiger partial charge on any atom is 0.268 e. The molecule has 0 radical (unpaired) electrons. The Hall–Kier alpha value is 2.97. The van der Waals surface area contributed by atoms with Crippen molar-refractivity contribution in [2.45, 2.75) is 0 Å². The van der Waals surface area contributed by atoms with Gasteiger partial charge in [0.2, 0.25) is 0 Å². The molecule has 0 amide bonds. The van der Waals surface area contributed by atoms with Crippen LogP contribution in [0.25, 0.3) is 0 Å². The summed E-state index contributed by atoms with van der Waals surface area (Å²) in [5.74, 6) is -1.20. The van der Waals surface area contributed by atoms with Gasteiger partial charge in [0.25, 0.3) is 3.25 Å². The maximum atomic E-state index is 9.97. The van der Waals surface area contributed by atoms with Crippen LogP contribution < -0.4 is 0 Å². The Bertz CT molecular complexity index is 88.2. The van der Waals surface area contributed by atoms with Gasteiger partial charge in [-0.1, -0.05) is 33.7 Å². The molecule has 0 bridgehead atoms. The normalized spacial score (nSPS) is 10.6. The van der Waals surface area contributed by atoms with Crippen LogP contribution in [0, 0.1) is 0 Å². The molecule has 0 aromatic heterocycles. The fourth-order valence-electron chi connectivity index (χ4n) is 0. The van der Waals surface area contributed by atoms with E-state index in [4.69, 9.17) is 33.7 Å². The van der Waals surface area contributed by atoms with Gasteiger partial charge in [-0.05, 0) is 0 Å². The highest BCUT2D eigenvalue weighted by atomic mass is 80.0. The van der Waals surface area contributed by atoms with E-state index in [1.165, 1.54) is 0 Å². The quantitative estimate of drug-likeness (QED) is 0.423. The summed E-state index contributed by atoms with van der Waals surface area (Å²) >= 11 is 22.9. The molecular formula is Br3Cl3OP2. The van der Waals surface area contributed by atoms with E-state index in [1.807, 2.05) is 0 Å². The molecule has 0 N–H and O–H groups in total. The van der Waals surface area contributed by atoms with Crippen molar-refractivity contribution in [1.82, 2.24) is 0 Å². The van der Waals surface area contributed by atoms with E-state index < -0.39 is 9.23 Å². The predicted octanol–water partition coefficient (Wildman–Crippen LogP) is 6.21. The highest BCUT2D eigenvalue weighted by Gasteiger charge is 2.00. The molecule has 58 valence electrons. The van der Waals surface area contributed by atoms with Crippen LogP contribution in [0.15, 0.2) is 0 Å². The highest BCUT2D eigenvalue weighted by molar-refractivity contribution is 9.94. The second-order valence-corrected chi connectivity index (χ2v) is 23.9. The smallest absolute Gasteiger partial charge is 0.268 e. The van der Waals surface area contributed by atoms with Gasteiger partial charge in [0.1, 0.15) is 0 Å². The molecule has 0 heterocycles. The summed E-state index contributed by atoms with van der Waals surface area (Å²) in [7, 11) is 0. The van der Waals surface area contributed by atoms with Gasteiger partial charge in [0.05, 0.1) is 0 Å². The Balaban J connectivity index is 0. The number of hydrogen-bond acceptors (Lipinski definition) is 1. The summed E-state index contributed by atoms with van der Waals surface area (Å²) < 4.78 is 7.76. The van der Waals surface area contributed by atoms with Crippen LogP contribution in [-0.4, -0.2) is 0 Å². The Morgan fingerprint density at radius 1 is 1.11 bits per heavy atom. The van der Waals surface area contributed by atoms with Crippen molar-refractivity contribution in [3.63, 3.8) is 0 Å². The first-order chi connectivity index (χ1) is 3.73. The van der Waals surface area contributed by atoms with E-state index >= 15 is 0 Å². The monoisotopic (exact) mass is 420 g/mol. The first-order valence-corrected chi connectivity index (χ1v) is 13.0. The van der Waals surface area contributed by atoms with Gasteiger partial charge >= 0.3 is 0 Å². The lowest BCUT2D eigenvalue weighted by Gasteiger charge is -1.76. The number of hydrogen-bond donors (Lipinski definition) is 0. The Labute approximate surface area is 92.9 Å². The van der Waals surface area contributed by atoms with Crippen LogP contribution >= 0.6 is 89.4 Å². The van der Waals surface area contributed by atoms with E-state index in [-0.39, 0.29) is 0 Å². The van der Waals surface area contributed by atoms with E-state index in [0.717, 1.165) is 0 Å². The summed E-state index contributed by atoms with van der Waals surface area (Å²) in [6.45, 7) is 0. The summed E-state index contributed by atoms with van der Waals surface area (Å²) in [5.41, 5.74) is 0. The predicted molar refractivity (Wildman–Crippen MR) is 58.9 cm³/mol. The largest absolute Gasteiger partial charge is 0.287 e. The van der Waals surface area contributed by atoms with Gasteiger partial charge in [-0.15, -0.1) is 0 Å². The second kappa shape index (κ2) is 7.61. The number of rotatable bonds is 0. The average Bonchev–Trinajstić information content (AvgIpc) is 1.19. The third kappa shape index (κ3) is 100. The zero-order chi connectivity index (χ0) is 8.08. The lowest BCUT2D eigenvalue weighted by atomic mass is 16.0. The van der Waals surface area contributed by atoms with E-state index in [1.54, 1.807) is 0 Å².